The Balaban J connectivity index is 2.16. The van der Waals surface area contributed by atoms with Crippen LogP contribution in [0.15, 0.2) is 0 Å². The van der Waals surface area contributed by atoms with Crippen LogP contribution in [0.2, 0.25) is 0 Å². The molecule has 0 saturated carbocycles. The van der Waals surface area contributed by atoms with Crippen molar-refractivity contribution in [3.8, 4) is 0 Å². The van der Waals surface area contributed by atoms with Crippen LogP contribution < -0.4 is 10.6 Å². The summed E-state index contributed by atoms with van der Waals surface area (Å²) in [7, 11) is 3.61. The van der Waals surface area contributed by atoms with Crippen molar-refractivity contribution in [2.75, 3.05) is 44.5 Å². The fraction of sp³-hybridized carbons (Fsp3) is 0.714. The first-order valence-corrected chi connectivity index (χ1v) is 7.06. The molecular weight excluding hydrogens is 256 g/mol. The maximum Gasteiger partial charge on any atom is 0.134 e. The molecule has 20 heavy (non-hydrogen) atoms. The van der Waals surface area contributed by atoms with Crippen molar-refractivity contribution in [2.24, 2.45) is 0 Å². The molecule has 0 amide bonds. The Morgan fingerprint density at radius 2 is 2.10 bits per heavy atom. The number of methoxy groups -OCH3 is 1. The van der Waals surface area contributed by atoms with Crippen LogP contribution in [-0.2, 0) is 15.9 Å². The predicted octanol–water partition coefficient (Wildman–Crippen LogP) is 1.61. The Morgan fingerprint density at radius 1 is 1.35 bits per heavy atom. The third kappa shape index (κ3) is 3.02. The Morgan fingerprint density at radius 3 is 2.65 bits per heavy atom. The first kappa shape index (κ1) is 15.0. The highest BCUT2D eigenvalue weighted by atomic mass is 16.5. The minimum Gasteiger partial charge on any atom is -0.378 e. The minimum atomic E-state index is -0.246. The molecule has 0 radical (unpaired) electrons. The molecule has 0 spiro atoms. The van der Waals surface area contributed by atoms with Crippen molar-refractivity contribution in [1.29, 1.82) is 0 Å². The number of aryl methyl sites for hydroxylation is 1. The second-order valence-corrected chi connectivity index (χ2v) is 5.11. The molecule has 1 unspecified atom stereocenters. The van der Waals surface area contributed by atoms with E-state index in [1.54, 1.807) is 7.11 Å². The summed E-state index contributed by atoms with van der Waals surface area (Å²) in [6, 6.07) is 0. The molecule has 1 aliphatic rings. The summed E-state index contributed by atoms with van der Waals surface area (Å²) in [6.45, 7) is 6.13. The van der Waals surface area contributed by atoms with Crippen LogP contribution >= 0.6 is 0 Å². The lowest BCUT2D eigenvalue weighted by molar-refractivity contribution is -0.00626. The van der Waals surface area contributed by atoms with Crippen molar-refractivity contribution in [1.82, 2.24) is 9.97 Å². The molecule has 1 saturated heterocycles. The number of aromatic nitrogens is 2. The maximum atomic E-state index is 5.63. The van der Waals surface area contributed by atoms with Crippen molar-refractivity contribution >= 4 is 11.6 Å². The van der Waals surface area contributed by atoms with E-state index >= 15 is 0 Å². The molecule has 2 heterocycles. The van der Waals surface area contributed by atoms with E-state index in [1.807, 2.05) is 14.0 Å². The highest BCUT2D eigenvalue weighted by Gasteiger charge is 2.35. The first-order valence-electron chi connectivity index (χ1n) is 7.06. The van der Waals surface area contributed by atoms with Gasteiger partial charge in [0.05, 0.1) is 6.61 Å². The van der Waals surface area contributed by atoms with Crippen molar-refractivity contribution in [3.05, 3.63) is 11.4 Å². The zero-order valence-electron chi connectivity index (χ0n) is 12.7. The second-order valence-electron chi connectivity index (χ2n) is 5.11. The van der Waals surface area contributed by atoms with Gasteiger partial charge >= 0.3 is 0 Å². The number of rotatable bonds is 6. The van der Waals surface area contributed by atoms with Crippen molar-refractivity contribution in [3.63, 3.8) is 0 Å². The minimum absolute atomic E-state index is 0.246. The molecule has 1 aromatic rings. The molecule has 112 valence electrons. The van der Waals surface area contributed by atoms with Gasteiger partial charge in [-0.15, -0.1) is 0 Å². The zero-order valence-corrected chi connectivity index (χ0v) is 12.7. The van der Waals surface area contributed by atoms with E-state index in [2.05, 4.69) is 27.5 Å². The van der Waals surface area contributed by atoms with Crippen LogP contribution in [0, 0.1) is 6.92 Å². The number of nitrogens with one attached hydrogen (secondary N) is 2. The molecule has 0 aromatic carbocycles. The molecule has 1 aromatic heterocycles. The quantitative estimate of drug-likeness (QED) is 0.825. The number of hydrogen-bond acceptors (Lipinski definition) is 6. The summed E-state index contributed by atoms with van der Waals surface area (Å²) in [5.41, 5.74) is 0.777. The van der Waals surface area contributed by atoms with Gasteiger partial charge in [0.15, 0.2) is 0 Å². The lowest BCUT2D eigenvalue weighted by atomic mass is 10.0. The lowest BCUT2D eigenvalue weighted by Crippen LogP contribution is -2.40. The molecule has 2 N–H and O–H groups in total. The van der Waals surface area contributed by atoms with Crippen LogP contribution in [0.25, 0.3) is 0 Å². The van der Waals surface area contributed by atoms with Crippen LogP contribution in [-0.4, -0.2) is 49.5 Å². The van der Waals surface area contributed by atoms with Gasteiger partial charge in [-0.2, -0.15) is 0 Å². The summed E-state index contributed by atoms with van der Waals surface area (Å²) in [6.07, 6.45) is 1.71. The summed E-state index contributed by atoms with van der Waals surface area (Å²) in [5.74, 6) is 2.56. The SMILES string of the molecule is CCc1nc(NC)c(C)c(NCC2(OC)CCOC2)n1. The van der Waals surface area contributed by atoms with Gasteiger partial charge in [0.25, 0.3) is 0 Å². The van der Waals surface area contributed by atoms with E-state index in [9.17, 15) is 0 Å². The van der Waals surface area contributed by atoms with Gasteiger partial charge in [0.2, 0.25) is 0 Å². The van der Waals surface area contributed by atoms with Crippen LogP contribution in [0.3, 0.4) is 0 Å². The van der Waals surface area contributed by atoms with Crippen LogP contribution in [0.4, 0.5) is 11.6 Å². The molecule has 1 aliphatic heterocycles. The number of ether oxygens (including phenoxy) is 2. The average Bonchev–Trinajstić information content (AvgIpc) is 2.95. The Labute approximate surface area is 120 Å². The van der Waals surface area contributed by atoms with Gasteiger partial charge in [0.1, 0.15) is 23.1 Å². The molecule has 0 aliphatic carbocycles. The summed E-state index contributed by atoms with van der Waals surface area (Å²) >= 11 is 0. The molecule has 6 nitrogen and oxygen atoms in total. The van der Waals surface area contributed by atoms with E-state index in [-0.39, 0.29) is 5.60 Å². The van der Waals surface area contributed by atoms with Gasteiger partial charge in [-0.05, 0) is 6.92 Å². The van der Waals surface area contributed by atoms with E-state index in [1.165, 1.54) is 0 Å². The van der Waals surface area contributed by atoms with Gasteiger partial charge in [-0.3, -0.25) is 0 Å². The van der Waals surface area contributed by atoms with Crippen molar-refractivity contribution in [2.45, 2.75) is 32.3 Å². The second kappa shape index (κ2) is 6.37. The summed E-state index contributed by atoms with van der Waals surface area (Å²) in [4.78, 5) is 9.04. The fourth-order valence-corrected chi connectivity index (χ4v) is 2.34. The van der Waals surface area contributed by atoms with E-state index < -0.39 is 0 Å². The molecule has 1 atom stereocenters. The number of nitrogens with zero attached hydrogens (tertiary/aromatic N) is 2. The van der Waals surface area contributed by atoms with Crippen molar-refractivity contribution < 1.29 is 9.47 Å². The summed E-state index contributed by atoms with van der Waals surface area (Å²) < 4.78 is 11.1. The molecular formula is C14H24N4O2. The van der Waals surface area contributed by atoms with E-state index in [4.69, 9.17) is 9.47 Å². The van der Waals surface area contributed by atoms with Crippen LogP contribution in [0.5, 0.6) is 0 Å². The number of anilines is 2. The summed E-state index contributed by atoms with van der Waals surface area (Å²) in [5, 5.41) is 6.51. The van der Waals surface area contributed by atoms with Gasteiger partial charge in [-0.25, -0.2) is 9.97 Å². The standard InChI is InChI=1S/C14H24N4O2/c1-5-11-17-12(15-3)10(2)13(18-11)16-8-14(19-4)6-7-20-9-14/h5-9H2,1-4H3,(H2,15,16,17,18). The number of hydrogen-bond donors (Lipinski definition) is 2. The normalized spacial score (nSPS) is 22.0. The fourth-order valence-electron chi connectivity index (χ4n) is 2.34. The predicted molar refractivity (Wildman–Crippen MR) is 79.4 cm³/mol. The molecule has 6 heteroatoms. The zero-order chi connectivity index (χ0) is 14.6. The monoisotopic (exact) mass is 280 g/mol. The maximum absolute atomic E-state index is 5.63. The Bertz CT molecular complexity index is 459. The van der Waals surface area contributed by atoms with Crippen LogP contribution in [0.1, 0.15) is 24.7 Å². The van der Waals surface area contributed by atoms with Gasteiger partial charge in [-0.1, -0.05) is 6.92 Å². The average molecular weight is 280 g/mol. The topological polar surface area (TPSA) is 68.3 Å². The molecule has 2 rings (SSSR count). The highest BCUT2D eigenvalue weighted by molar-refractivity contribution is 5.57. The largest absolute Gasteiger partial charge is 0.378 e. The van der Waals surface area contributed by atoms with Gasteiger partial charge in [0, 0.05) is 45.7 Å². The van der Waals surface area contributed by atoms with E-state index in [0.29, 0.717) is 13.2 Å². The first-order chi connectivity index (χ1) is 9.64. The third-order valence-corrected chi connectivity index (χ3v) is 3.82. The van der Waals surface area contributed by atoms with Gasteiger partial charge < -0.3 is 20.1 Å². The third-order valence-electron chi connectivity index (χ3n) is 3.82. The Hall–Kier alpha value is -1.40. The molecule has 0 bridgehead atoms. The highest BCUT2D eigenvalue weighted by Crippen LogP contribution is 2.25. The smallest absolute Gasteiger partial charge is 0.134 e. The Kier molecular flexibility index (Phi) is 4.77. The molecule has 1 fully saturated rings. The van der Waals surface area contributed by atoms with E-state index in [0.717, 1.165) is 42.5 Å². The lowest BCUT2D eigenvalue weighted by Gasteiger charge is -2.26.